The molecule has 0 saturated heterocycles. The van der Waals surface area contributed by atoms with Crippen LogP contribution in [-0.4, -0.2) is 23.7 Å². The summed E-state index contributed by atoms with van der Waals surface area (Å²) in [7, 11) is 0. The Kier molecular flexibility index (Phi) is 7.28. The Bertz CT molecular complexity index is 625. The van der Waals surface area contributed by atoms with Crippen LogP contribution in [-0.2, 0) is 11.2 Å². The Hall–Kier alpha value is -1.85. The van der Waals surface area contributed by atoms with Crippen LogP contribution in [0.4, 0.5) is 0 Å². The highest BCUT2D eigenvalue weighted by Gasteiger charge is 2.11. The summed E-state index contributed by atoms with van der Waals surface area (Å²) in [6, 6.07) is 11.5. The van der Waals surface area contributed by atoms with E-state index in [0.717, 1.165) is 24.2 Å². The monoisotopic (exact) mass is 347 g/mol. The van der Waals surface area contributed by atoms with E-state index in [1.807, 2.05) is 49.6 Å². The number of aliphatic hydroxyl groups excluding tert-OH is 1. The summed E-state index contributed by atoms with van der Waals surface area (Å²) in [5, 5.41) is 15.1. The predicted molar refractivity (Wildman–Crippen MR) is 97.4 cm³/mol. The molecule has 0 aliphatic heterocycles. The maximum absolute atomic E-state index is 11.9. The van der Waals surface area contributed by atoms with Crippen LogP contribution in [0.5, 0.6) is 5.75 Å². The number of hydrogen-bond acceptors (Lipinski definition) is 4. The van der Waals surface area contributed by atoms with E-state index in [2.05, 4.69) is 11.4 Å². The molecule has 130 valence electrons. The van der Waals surface area contributed by atoms with Crippen molar-refractivity contribution in [1.82, 2.24) is 5.32 Å². The van der Waals surface area contributed by atoms with Crippen LogP contribution in [0.25, 0.3) is 0 Å². The molecule has 0 aliphatic carbocycles. The van der Waals surface area contributed by atoms with Crippen molar-refractivity contribution >= 4 is 17.2 Å². The van der Waals surface area contributed by atoms with Crippen LogP contribution < -0.4 is 10.1 Å². The lowest BCUT2D eigenvalue weighted by Gasteiger charge is -2.15. The number of rotatable bonds is 9. The number of aryl methyl sites for hydroxylation is 1. The van der Waals surface area contributed by atoms with E-state index in [1.54, 1.807) is 11.3 Å². The van der Waals surface area contributed by atoms with Crippen LogP contribution in [0.1, 0.15) is 43.2 Å². The predicted octanol–water partition coefficient (Wildman–Crippen LogP) is 3.71. The first-order valence-corrected chi connectivity index (χ1v) is 9.16. The van der Waals surface area contributed by atoms with Crippen molar-refractivity contribution in [3.8, 4) is 5.75 Å². The Balaban J connectivity index is 1.73. The molecular weight excluding hydrogens is 322 g/mol. The summed E-state index contributed by atoms with van der Waals surface area (Å²) in [5.41, 5.74) is 0.743. The second kappa shape index (κ2) is 9.45. The zero-order valence-corrected chi connectivity index (χ0v) is 15.0. The van der Waals surface area contributed by atoms with Gasteiger partial charge in [-0.25, -0.2) is 0 Å². The van der Waals surface area contributed by atoms with Crippen LogP contribution in [0.15, 0.2) is 41.8 Å². The van der Waals surface area contributed by atoms with E-state index in [9.17, 15) is 9.90 Å². The lowest BCUT2D eigenvalue weighted by molar-refractivity contribution is -0.121. The minimum atomic E-state index is -0.734. The number of hydrogen-bond donors (Lipinski definition) is 2. The summed E-state index contributed by atoms with van der Waals surface area (Å²) >= 11 is 1.71. The van der Waals surface area contributed by atoms with Crippen molar-refractivity contribution in [3.05, 3.63) is 52.2 Å². The Labute approximate surface area is 147 Å². The standard InChI is InChI=1S/C19H25NO3S/c1-14(2)23-16-7-3-6-15(12-16)18(21)13-20-19(22)10-4-8-17-9-5-11-24-17/h3,5-7,9,11-12,14,18,21H,4,8,10,13H2,1-2H3,(H,20,22). The van der Waals surface area contributed by atoms with E-state index in [-0.39, 0.29) is 18.6 Å². The second-order valence-corrected chi connectivity index (χ2v) is 7.02. The molecular formula is C19H25NO3S. The molecule has 1 aromatic carbocycles. The second-order valence-electron chi connectivity index (χ2n) is 5.99. The number of benzene rings is 1. The normalized spacial score (nSPS) is 12.2. The smallest absolute Gasteiger partial charge is 0.220 e. The molecule has 1 aromatic heterocycles. The molecule has 0 spiro atoms. The van der Waals surface area contributed by atoms with Gasteiger partial charge in [0.25, 0.3) is 0 Å². The number of carbonyl (C=O) groups is 1. The molecule has 1 amide bonds. The van der Waals surface area contributed by atoms with E-state index >= 15 is 0 Å². The average molecular weight is 347 g/mol. The number of carbonyl (C=O) groups excluding carboxylic acids is 1. The fourth-order valence-corrected chi connectivity index (χ4v) is 3.11. The van der Waals surface area contributed by atoms with Crippen molar-refractivity contribution in [1.29, 1.82) is 0 Å². The molecule has 2 rings (SSSR count). The first-order chi connectivity index (χ1) is 11.5. The highest BCUT2D eigenvalue weighted by atomic mass is 32.1. The van der Waals surface area contributed by atoms with Gasteiger partial charge in [-0.15, -0.1) is 11.3 Å². The Morgan fingerprint density at radius 1 is 1.29 bits per heavy atom. The molecule has 0 fully saturated rings. The van der Waals surface area contributed by atoms with Crippen molar-refractivity contribution < 1.29 is 14.6 Å². The third-order valence-corrected chi connectivity index (χ3v) is 4.45. The minimum absolute atomic E-state index is 0.0276. The summed E-state index contributed by atoms with van der Waals surface area (Å²) in [6.45, 7) is 4.13. The molecule has 0 saturated carbocycles. The van der Waals surface area contributed by atoms with Crippen molar-refractivity contribution in [2.75, 3.05) is 6.54 Å². The van der Waals surface area contributed by atoms with Gasteiger partial charge < -0.3 is 15.2 Å². The quantitative estimate of drug-likeness (QED) is 0.727. The van der Waals surface area contributed by atoms with Gasteiger partial charge in [0.1, 0.15) is 5.75 Å². The molecule has 4 nitrogen and oxygen atoms in total. The number of nitrogens with one attached hydrogen (secondary N) is 1. The largest absolute Gasteiger partial charge is 0.491 e. The number of amides is 1. The fraction of sp³-hybridized carbons (Fsp3) is 0.421. The fourth-order valence-electron chi connectivity index (χ4n) is 2.36. The van der Waals surface area contributed by atoms with Gasteiger partial charge in [0, 0.05) is 17.8 Å². The minimum Gasteiger partial charge on any atom is -0.491 e. The zero-order chi connectivity index (χ0) is 17.4. The van der Waals surface area contributed by atoms with Crippen molar-refractivity contribution in [3.63, 3.8) is 0 Å². The Morgan fingerprint density at radius 3 is 2.83 bits per heavy atom. The average Bonchev–Trinajstić information content (AvgIpc) is 3.05. The summed E-state index contributed by atoms with van der Waals surface area (Å²) in [6.07, 6.45) is 1.56. The van der Waals surface area contributed by atoms with Crippen molar-refractivity contribution in [2.24, 2.45) is 0 Å². The molecule has 2 N–H and O–H groups in total. The molecule has 0 bridgehead atoms. The molecule has 0 aliphatic rings. The van der Waals surface area contributed by atoms with E-state index in [4.69, 9.17) is 4.74 Å². The molecule has 2 aromatic rings. The molecule has 1 atom stereocenters. The lowest BCUT2D eigenvalue weighted by Crippen LogP contribution is -2.28. The van der Waals surface area contributed by atoms with Gasteiger partial charge in [-0.2, -0.15) is 0 Å². The highest BCUT2D eigenvalue weighted by molar-refractivity contribution is 7.09. The highest BCUT2D eigenvalue weighted by Crippen LogP contribution is 2.20. The van der Waals surface area contributed by atoms with Gasteiger partial charge >= 0.3 is 0 Å². The molecule has 1 heterocycles. The van der Waals surface area contributed by atoms with E-state index in [1.165, 1.54) is 4.88 Å². The first-order valence-electron chi connectivity index (χ1n) is 8.28. The molecule has 24 heavy (non-hydrogen) atoms. The zero-order valence-electron chi connectivity index (χ0n) is 14.2. The van der Waals surface area contributed by atoms with Crippen LogP contribution in [0.3, 0.4) is 0 Å². The van der Waals surface area contributed by atoms with E-state index < -0.39 is 6.10 Å². The van der Waals surface area contributed by atoms with Gasteiger partial charge in [-0.05, 0) is 55.8 Å². The summed E-state index contributed by atoms with van der Waals surface area (Å²) in [5.74, 6) is 0.698. The van der Waals surface area contributed by atoms with Gasteiger partial charge in [-0.3, -0.25) is 4.79 Å². The van der Waals surface area contributed by atoms with Gasteiger partial charge in [-0.1, -0.05) is 18.2 Å². The van der Waals surface area contributed by atoms with Crippen LogP contribution in [0, 0.1) is 0 Å². The number of ether oxygens (including phenoxy) is 1. The maximum atomic E-state index is 11.9. The molecule has 1 unspecified atom stereocenters. The third-order valence-electron chi connectivity index (χ3n) is 3.51. The van der Waals surface area contributed by atoms with Gasteiger partial charge in [0.15, 0.2) is 0 Å². The van der Waals surface area contributed by atoms with Crippen molar-refractivity contribution in [2.45, 2.75) is 45.3 Å². The van der Waals surface area contributed by atoms with Crippen LogP contribution >= 0.6 is 11.3 Å². The Morgan fingerprint density at radius 2 is 2.12 bits per heavy atom. The SMILES string of the molecule is CC(C)Oc1cccc(C(O)CNC(=O)CCCc2cccs2)c1. The first kappa shape index (κ1) is 18.5. The number of thiophene rings is 1. The van der Waals surface area contributed by atoms with Gasteiger partial charge in [0.05, 0.1) is 12.2 Å². The van der Waals surface area contributed by atoms with E-state index in [0.29, 0.717) is 6.42 Å². The lowest BCUT2D eigenvalue weighted by atomic mass is 10.1. The summed E-state index contributed by atoms with van der Waals surface area (Å²) < 4.78 is 5.62. The third kappa shape index (κ3) is 6.34. The summed E-state index contributed by atoms with van der Waals surface area (Å²) in [4.78, 5) is 13.2. The number of aliphatic hydroxyl groups is 1. The maximum Gasteiger partial charge on any atom is 0.220 e. The molecule has 5 heteroatoms. The topological polar surface area (TPSA) is 58.6 Å². The van der Waals surface area contributed by atoms with Gasteiger partial charge in [0.2, 0.25) is 5.91 Å². The van der Waals surface area contributed by atoms with Crippen LogP contribution in [0.2, 0.25) is 0 Å². The molecule has 0 radical (unpaired) electrons.